The number of hydrogen-bond acceptors (Lipinski definition) is 7. The third-order valence-electron chi connectivity index (χ3n) is 4.76. The molecule has 1 aromatic carbocycles. The number of carbonyl (C=O) groups is 1. The molecule has 166 valence electrons. The SMILES string of the molecule is CCCn1c(SCC(=O)Nc2nc(-c3ccccc3)cs2)nnc1-c1csc(C(C)C)c1. The molecule has 0 bridgehead atoms. The minimum absolute atomic E-state index is 0.103. The number of rotatable bonds is 9. The van der Waals surface area contributed by atoms with Gasteiger partial charge in [-0.3, -0.25) is 4.79 Å². The number of thiophene rings is 1. The van der Waals surface area contributed by atoms with Crippen molar-refractivity contribution in [2.45, 2.75) is 44.8 Å². The third-order valence-corrected chi connectivity index (χ3v) is 7.72. The Bertz CT molecular complexity index is 1180. The minimum Gasteiger partial charge on any atom is -0.302 e. The number of carbonyl (C=O) groups excluding carboxylic acids is 1. The van der Waals surface area contributed by atoms with Crippen LogP contribution < -0.4 is 5.32 Å². The van der Waals surface area contributed by atoms with Gasteiger partial charge in [0.2, 0.25) is 5.91 Å². The first-order valence-corrected chi connectivity index (χ1v) is 13.2. The van der Waals surface area contributed by atoms with Gasteiger partial charge >= 0.3 is 0 Å². The topological polar surface area (TPSA) is 72.7 Å². The summed E-state index contributed by atoms with van der Waals surface area (Å²) < 4.78 is 2.11. The molecule has 1 N–H and O–H groups in total. The van der Waals surface area contributed by atoms with Gasteiger partial charge < -0.3 is 9.88 Å². The predicted octanol–water partition coefficient (Wildman–Crippen LogP) is 6.39. The van der Waals surface area contributed by atoms with E-state index < -0.39 is 0 Å². The zero-order valence-electron chi connectivity index (χ0n) is 18.2. The van der Waals surface area contributed by atoms with Crippen LogP contribution in [0.4, 0.5) is 5.13 Å². The Hall–Kier alpha value is -2.49. The summed E-state index contributed by atoms with van der Waals surface area (Å²) in [5, 5.41) is 17.2. The van der Waals surface area contributed by atoms with Crippen molar-refractivity contribution < 1.29 is 4.79 Å². The van der Waals surface area contributed by atoms with Crippen LogP contribution in [0, 0.1) is 0 Å². The number of nitrogens with zero attached hydrogens (tertiary/aromatic N) is 4. The molecule has 6 nitrogen and oxygen atoms in total. The Morgan fingerprint density at radius 2 is 1.94 bits per heavy atom. The van der Waals surface area contributed by atoms with Crippen LogP contribution in [-0.2, 0) is 11.3 Å². The fraction of sp³-hybridized carbons (Fsp3) is 0.304. The number of anilines is 1. The van der Waals surface area contributed by atoms with Gasteiger partial charge in [-0.05, 0) is 18.4 Å². The first kappa shape index (κ1) is 22.7. The fourth-order valence-corrected chi connectivity index (χ4v) is 5.57. The average molecular weight is 484 g/mol. The smallest absolute Gasteiger partial charge is 0.236 e. The molecule has 3 aromatic heterocycles. The van der Waals surface area contributed by atoms with E-state index in [4.69, 9.17) is 0 Å². The van der Waals surface area contributed by atoms with Gasteiger partial charge in [-0.25, -0.2) is 4.98 Å². The Labute approximate surface area is 200 Å². The highest BCUT2D eigenvalue weighted by molar-refractivity contribution is 7.99. The van der Waals surface area contributed by atoms with Crippen LogP contribution in [0.3, 0.4) is 0 Å². The lowest BCUT2D eigenvalue weighted by Crippen LogP contribution is -2.14. The van der Waals surface area contributed by atoms with Crippen LogP contribution in [0.25, 0.3) is 22.6 Å². The molecule has 0 spiro atoms. The second-order valence-corrected chi connectivity index (χ2v) is 10.3. The van der Waals surface area contributed by atoms with Gasteiger partial charge in [0.25, 0.3) is 0 Å². The highest BCUT2D eigenvalue weighted by Crippen LogP contribution is 2.31. The lowest BCUT2D eigenvalue weighted by molar-refractivity contribution is -0.113. The van der Waals surface area contributed by atoms with Crippen LogP contribution in [0.15, 0.2) is 52.3 Å². The van der Waals surface area contributed by atoms with Crippen molar-refractivity contribution in [2.24, 2.45) is 0 Å². The minimum atomic E-state index is -0.103. The van der Waals surface area contributed by atoms with Crippen molar-refractivity contribution in [2.75, 3.05) is 11.1 Å². The predicted molar refractivity (Wildman–Crippen MR) is 135 cm³/mol. The Kier molecular flexibility index (Phi) is 7.39. The number of benzene rings is 1. The summed E-state index contributed by atoms with van der Waals surface area (Å²) in [7, 11) is 0. The third kappa shape index (κ3) is 5.28. The second-order valence-electron chi connectivity index (χ2n) is 7.59. The van der Waals surface area contributed by atoms with E-state index in [1.165, 1.54) is 28.0 Å². The number of amides is 1. The molecule has 4 aromatic rings. The highest BCUT2D eigenvalue weighted by atomic mass is 32.2. The van der Waals surface area contributed by atoms with Crippen molar-refractivity contribution >= 4 is 45.5 Å². The standard InChI is InChI=1S/C23H25N5OS3/c1-4-10-28-21(17-11-19(15(2)3)30-12-17)26-27-23(28)32-14-20(29)25-22-24-18(13-31-22)16-8-6-5-7-9-16/h5-9,11-13,15H,4,10,14H2,1-3H3,(H,24,25,29). The van der Waals surface area contributed by atoms with E-state index in [9.17, 15) is 4.79 Å². The zero-order chi connectivity index (χ0) is 22.5. The maximum Gasteiger partial charge on any atom is 0.236 e. The van der Waals surface area contributed by atoms with Gasteiger partial charge in [0.1, 0.15) is 0 Å². The summed E-state index contributed by atoms with van der Waals surface area (Å²) in [5.41, 5.74) is 2.99. The molecule has 0 fully saturated rings. The number of nitrogens with one attached hydrogen (secondary N) is 1. The summed E-state index contributed by atoms with van der Waals surface area (Å²) >= 11 is 4.58. The monoisotopic (exact) mass is 483 g/mol. The van der Waals surface area contributed by atoms with Crippen molar-refractivity contribution in [1.82, 2.24) is 19.7 Å². The van der Waals surface area contributed by atoms with Crippen LogP contribution in [0.1, 0.15) is 38.0 Å². The normalized spacial score (nSPS) is 11.2. The van der Waals surface area contributed by atoms with Gasteiger partial charge in [0, 0.05) is 33.3 Å². The van der Waals surface area contributed by atoms with Crippen molar-refractivity contribution in [3.8, 4) is 22.6 Å². The molecule has 9 heteroatoms. The summed E-state index contributed by atoms with van der Waals surface area (Å²) in [6.45, 7) is 7.33. The van der Waals surface area contributed by atoms with E-state index in [0.29, 0.717) is 11.0 Å². The Morgan fingerprint density at radius 1 is 1.12 bits per heavy atom. The second kappa shape index (κ2) is 10.4. The molecule has 0 saturated heterocycles. The Balaban J connectivity index is 1.41. The van der Waals surface area contributed by atoms with Crippen molar-refractivity contribution in [3.63, 3.8) is 0 Å². The lowest BCUT2D eigenvalue weighted by Gasteiger charge is -2.08. The summed E-state index contributed by atoms with van der Waals surface area (Å²) in [5.74, 6) is 1.50. The molecule has 1 amide bonds. The summed E-state index contributed by atoms with van der Waals surface area (Å²) in [4.78, 5) is 18.4. The molecule has 0 saturated carbocycles. The molecular weight excluding hydrogens is 458 g/mol. The number of aromatic nitrogens is 4. The molecule has 0 unspecified atom stereocenters. The zero-order valence-corrected chi connectivity index (χ0v) is 20.7. The maximum absolute atomic E-state index is 12.5. The number of thioether (sulfide) groups is 1. The van der Waals surface area contributed by atoms with Gasteiger partial charge in [0.05, 0.1) is 11.4 Å². The van der Waals surface area contributed by atoms with E-state index in [2.05, 4.69) is 57.3 Å². The highest BCUT2D eigenvalue weighted by Gasteiger charge is 2.17. The molecule has 32 heavy (non-hydrogen) atoms. The quantitative estimate of drug-likeness (QED) is 0.279. The first-order chi connectivity index (χ1) is 15.5. The van der Waals surface area contributed by atoms with Gasteiger partial charge in [-0.2, -0.15) is 0 Å². The van der Waals surface area contributed by atoms with Crippen LogP contribution in [-0.4, -0.2) is 31.4 Å². The molecule has 3 heterocycles. The van der Waals surface area contributed by atoms with Gasteiger partial charge in [-0.1, -0.05) is 62.9 Å². The molecular formula is C23H25N5OS3. The van der Waals surface area contributed by atoms with Crippen molar-refractivity contribution in [3.05, 3.63) is 52.0 Å². The Morgan fingerprint density at radius 3 is 2.66 bits per heavy atom. The van der Waals surface area contributed by atoms with Gasteiger partial charge in [-0.15, -0.1) is 32.9 Å². The summed E-state index contributed by atoms with van der Waals surface area (Å²) in [6.07, 6.45) is 0.966. The van der Waals surface area contributed by atoms with E-state index in [1.807, 2.05) is 35.7 Å². The van der Waals surface area contributed by atoms with E-state index in [1.54, 1.807) is 11.3 Å². The largest absolute Gasteiger partial charge is 0.302 e. The molecule has 0 radical (unpaired) electrons. The van der Waals surface area contributed by atoms with Crippen LogP contribution >= 0.6 is 34.4 Å². The maximum atomic E-state index is 12.5. The summed E-state index contributed by atoms with van der Waals surface area (Å²) in [6, 6.07) is 12.1. The van der Waals surface area contributed by atoms with E-state index >= 15 is 0 Å². The molecule has 0 aliphatic rings. The molecule has 0 aliphatic heterocycles. The number of hydrogen-bond donors (Lipinski definition) is 1. The average Bonchev–Trinajstić information content (AvgIpc) is 3.53. The number of thiazole rings is 1. The van der Waals surface area contributed by atoms with Crippen molar-refractivity contribution in [1.29, 1.82) is 0 Å². The van der Waals surface area contributed by atoms with E-state index in [0.717, 1.165) is 40.8 Å². The fourth-order valence-electron chi connectivity index (χ4n) is 3.17. The van der Waals surface area contributed by atoms with Crippen LogP contribution in [0.5, 0.6) is 0 Å². The first-order valence-electron chi connectivity index (χ1n) is 10.5. The molecule has 0 atom stereocenters. The van der Waals surface area contributed by atoms with Gasteiger partial charge in [0.15, 0.2) is 16.1 Å². The van der Waals surface area contributed by atoms with E-state index in [-0.39, 0.29) is 11.7 Å². The lowest BCUT2D eigenvalue weighted by atomic mass is 10.1. The van der Waals surface area contributed by atoms with Crippen LogP contribution in [0.2, 0.25) is 0 Å². The molecule has 0 aliphatic carbocycles. The molecule has 4 rings (SSSR count).